The molecule has 27 heavy (non-hydrogen) atoms. The number of hydrogen-bond donors (Lipinski definition) is 1. The molecular weight excluding hydrogens is 344 g/mol. The van der Waals surface area contributed by atoms with Crippen molar-refractivity contribution in [2.45, 2.75) is 39.2 Å². The van der Waals surface area contributed by atoms with Crippen molar-refractivity contribution in [1.29, 1.82) is 0 Å². The van der Waals surface area contributed by atoms with E-state index in [-0.39, 0.29) is 6.42 Å². The number of oxime groups is 1. The fourth-order valence-electron chi connectivity index (χ4n) is 3.15. The van der Waals surface area contributed by atoms with E-state index in [0.717, 1.165) is 22.3 Å². The Morgan fingerprint density at radius 1 is 1.11 bits per heavy atom. The van der Waals surface area contributed by atoms with Gasteiger partial charge in [0.05, 0.1) is 5.71 Å². The highest BCUT2D eigenvalue weighted by Crippen LogP contribution is 2.32. The molecular formula is C21H21N2O4-. The van der Waals surface area contributed by atoms with Crippen molar-refractivity contribution < 1.29 is 19.5 Å². The van der Waals surface area contributed by atoms with Crippen LogP contribution in [0.5, 0.6) is 0 Å². The van der Waals surface area contributed by atoms with E-state index in [0.29, 0.717) is 11.4 Å². The Morgan fingerprint density at radius 2 is 1.74 bits per heavy atom. The van der Waals surface area contributed by atoms with Crippen LogP contribution in [0.1, 0.15) is 35.1 Å². The molecule has 140 valence electrons. The van der Waals surface area contributed by atoms with Crippen LogP contribution in [-0.4, -0.2) is 23.2 Å². The molecule has 1 amide bonds. The van der Waals surface area contributed by atoms with Gasteiger partial charge >= 0.3 is 0 Å². The Hall–Kier alpha value is -3.15. The fourth-order valence-corrected chi connectivity index (χ4v) is 3.15. The molecule has 0 fully saturated rings. The van der Waals surface area contributed by atoms with Gasteiger partial charge in [0, 0.05) is 24.5 Å². The smallest absolute Gasteiger partial charge is 0.272 e. The van der Waals surface area contributed by atoms with Crippen LogP contribution >= 0.6 is 0 Å². The Morgan fingerprint density at radius 3 is 2.33 bits per heavy atom. The first-order valence-electron chi connectivity index (χ1n) is 8.70. The van der Waals surface area contributed by atoms with Gasteiger partial charge in [-0.05, 0) is 37.5 Å². The summed E-state index contributed by atoms with van der Waals surface area (Å²) in [6.07, 6.45) is -0.524. The number of carbonyl (C=O) groups is 2. The number of rotatable bonds is 5. The quantitative estimate of drug-likeness (QED) is 0.880. The number of carboxylic acids is 1. The molecule has 1 heterocycles. The normalized spacial score (nSPS) is 18.6. The molecule has 0 saturated carbocycles. The lowest BCUT2D eigenvalue weighted by Gasteiger charge is -2.26. The molecule has 0 aromatic heterocycles. The summed E-state index contributed by atoms with van der Waals surface area (Å²) < 4.78 is 0. The molecule has 1 atom stereocenters. The van der Waals surface area contributed by atoms with Gasteiger partial charge in [0.2, 0.25) is 5.60 Å². The molecule has 0 saturated heterocycles. The van der Waals surface area contributed by atoms with Crippen molar-refractivity contribution in [2.75, 3.05) is 5.32 Å². The molecule has 1 N–H and O–H groups in total. The largest absolute Gasteiger partial charge is 0.550 e. The average Bonchev–Trinajstić information content (AvgIpc) is 3.03. The highest BCUT2D eigenvalue weighted by molar-refractivity contribution is 6.09. The van der Waals surface area contributed by atoms with Crippen LogP contribution < -0.4 is 10.4 Å². The van der Waals surface area contributed by atoms with E-state index in [4.69, 9.17) is 4.84 Å². The molecule has 2 aromatic carbocycles. The van der Waals surface area contributed by atoms with E-state index in [1.807, 2.05) is 63.2 Å². The van der Waals surface area contributed by atoms with Crippen LogP contribution in [-0.2, 0) is 14.4 Å². The third-order valence-electron chi connectivity index (χ3n) is 4.73. The van der Waals surface area contributed by atoms with Crippen molar-refractivity contribution in [1.82, 2.24) is 0 Å². The average molecular weight is 365 g/mol. The highest BCUT2D eigenvalue weighted by atomic mass is 16.7. The zero-order valence-electron chi connectivity index (χ0n) is 15.5. The molecule has 3 rings (SSSR count). The lowest BCUT2D eigenvalue weighted by atomic mass is 9.89. The number of aliphatic carboxylic acids is 1. The zero-order valence-corrected chi connectivity index (χ0v) is 15.5. The van der Waals surface area contributed by atoms with Gasteiger partial charge in [0.25, 0.3) is 5.91 Å². The van der Waals surface area contributed by atoms with Gasteiger partial charge in [-0.15, -0.1) is 0 Å². The van der Waals surface area contributed by atoms with E-state index >= 15 is 0 Å². The molecule has 0 radical (unpaired) electrons. The fraction of sp³-hybridized carbons (Fsp3) is 0.286. The standard InChI is InChI=1S/C21H22N2O4/c1-13-7-9-16(10-8-13)17-11-21(27-23-17,12-18(24)25)20(26)22-19-14(2)5-4-6-15(19)3/h4-10H,11-12H2,1-3H3,(H,22,26)(H,24,25)/p-1/t21-/m0/s1. The van der Waals surface area contributed by atoms with Crippen LogP contribution in [0, 0.1) is 20.8 Å². The number of nitrogens with zero attached hydrogens (tertiary/aromatic N) is 1. The van der Waals surface area contributed by atoms with Gasteiger partial charge in [-0.2, -0.15) is 0 Å². The second-order valence-electron chi connectivity index (χ2n) is 6.94. The molecule has 0 bridgehead atoms. The number of carbonyl (C=O) groups excluding carboxylic acids is 2. The number of carboxylic acid groups (broad SMARTS) is 1. The number of amides is 1. The van der Waals surface area contributed by atoms with Gasteiger partial charge in [0.1, 0.15) is 0 Å². The summed E-state index contributed by atoms with van der Waals surface area (Å²) in [4.78, 5) is 29.7. The van der Waals surface area contributed by atoms with Crippen molar-refractivity contribution >= 4 is 23.3 Å². The summed E-state index contributed by atoms with van der Waals surface area (Å²) in [5.41, 5.74) is 3.19. The number of aryl methyl sites for hydroxylation is 3. The van der Waals surface area contributed by atoms with E-state index in [2.05, 4.69) is 10.5 Å². The third-order valence-corrected chi connectivity index (χ3v) is 4.73. The highest BCUT2D eigenvalue weighted by Gasteiger charge is 2.47. The minimum absolute atomic E-state index is 0.0564. The maximum absolute atomic E-state index is 13.0. The van der Waals surface area contributed by atoms with Gasteiger partial charge in [0.15, 0.2) is 0 Å². The Balaban J connectivity index is 1.87. The first-order chi connectivity index (χ1) is 12.8. The maximum atomic E-state index is 13.0. The van der Waals surface area contributed by atoms with Crippen molar-refractivity contribution in [3.8, 4) is 0 Å². The third kappa shape index (κ3) is 3.84. The molecule has 0 aliphatic carbocycles. The summed E-state index contributed by atoms with van der Waals surface area (Å²) in [5, 5.41) is 18.2. The van der Waals surface area contributed by atoms with Crippen molar-refractivity contribution in [3.05, 3.63) is 64.7 Å². The molecule has 0 unspecified atom stereocenters. The van der Waals surface area contributed by atoms with Crippen LogP contribution in [0.2, 0.25) is 0 Å². The second kappa shape index (κ2) is 7.23. The van der Waals surface area contributed by atoms with Crippen molar-refractivity contribution in [2.24, 2.45) is 5.16 Å². The van der Waals surface area contributed by atoms with E-state index < -0.39 is 23.9 Å². The lowest BCUT2D eigenvalue weighted by molar-refractivity contribution is -0.309. The molecule has 2 aromatic rings. The van der Waals surface area contributed by atoms with Crippen LogP contribution in [0.4, 0.5) is 5.69 Å². The number of para-hydroxylation sites is 1. The lowest BCUT2D eigenvalue weighted by Crippen LogP contribution is -2.47. The first kappa shape index (κ1) is 18.6. The van der Waals surface area contributed by atoms with E-state index in [1.165, 1.54) is 0 Å². The molecule has 1 aliphatic rings. The van der Waals surface area contributed by atoms with E-state index in [9.17, 15) is 14.7 Å². The predicted molar refractivity (Wildman–Crippen MR) is 100 cm³/mol. The summed E-state index contributed by atoms with van der Waals surface area (Å²) >= 11 is 0. The zero-order chi connectivity index (χ0) is 19.6. The van der Waals surface area contributed by atoms with Gasteiger partial charge in [-0.1, -0.05) is 53.2 Å². The summed E-state index contributed by atoms with van der Waals surface area (Å²) in [6, 6.07) is 13.2. The second-order valence-corrected chi connectivity index (χ2v) is 6.94. The summed E-state index contributed by atoms with van der Waals surface area (Å²) in [7, 11) is 0. The summed E-state index contributed by atoms with van der Waals surface area (Å²) in [5.74, 6) is -1.91. The predicted octanol–water partition coefficient (Wildman–Crippen LogP) is 2.25. The number of benzene rings is 2. The number of anilines is 1. The molecule has 0 spiro atoms. The minimum Gasteiger partial charge on any atom is -0.550 e. The topological polar surface area (TPSA) is 90.8 Å². The molecule has 6 heteroatoms. The van der Waals surface area contributed by atoms with Crippen LogP contribution in [0.3, 0.4) is 0 Å². The minimum atomic E-state index is -1.63. The number of hydrogen-bond acceptors (Lipinski definition) is 5. The molecule has 6 nitrogen and oxygen atoms in total. The SMILES string of the molecule is Cc1ccc(C2=NO[C@@](CC(=O)[O-])(C(=O)Nc3c(C)cccc3C)C2)cc1. The monoisotopic (exact) mass is 365 g/mol. The van der Waals surface area contributed by atoms with Crippen LogP contribution in [0.25, 0.3) is 0 Å². The van der Waals surface area contributed by atoms with Gasteiger partial charge < -0.3 is 20.1 Å². The Kier molecular flexibility index (Phi) is 4.99. The van der Waals surface area contributed by atoms with E-state index in [1.54, 1.807) is 0 Å². The first-order valence-corrected chi connectivity index (χ1v) is 8.70. The maximum Gasteiger partial charge on any atom is 0.272 e. The number of nitrogens with one attached hydrogen (secondary N) is 1. The Bertz CT molecular complexity index is 898. The van der Waals surface area contributed by atoms with Gasteiger partial charge in [-0.3, -0.25) is 4.79 Å². The Labute approximate surface area is 157 Å². The molecule has 1 aliphatic heterocycles. The van der Waals surface area contributed by atoms with Crippen LogP contribution in [0.15, 0.2) is 47.6 Å². The summed E-state index contributed by atoms with van der Waals surface area (Å²) in [6.45, 7) is 5.71. The van der Waals surface area contributed by atoms with Gasteiger partial charge in [-0.25, -0.2) is 0 Å². The van der Waals surface area contributed by atoms with Crippen molar-refractivity contribution in [3.63, 3.8) is 0 Å².